The van der Waals surface area contributed by atoms with E-state index in [2.05, 4.69) is 0 Å². The van der Waals surface area contributed by atoms with E-state index in [1.165, 1.54) is 31.4 Å². The Morgan fingerprint density at radius 2 is 2.10 bits per heavy atom. The zero-order chi connectivity index (χ0) is 15.4. The van der Waals surface area contributed by atoms with E-state index >= 15 is 0 Å². The van der Waals surface area contributed by atoms with Gasteiger partial charge in [-0.25, -0.2) is 9.18 Å². The largest absolute Gasteiger partial charge is 0.494 e. The third kappa shape index (κ3) is 3.22. The van der Waals surface area contributed by atoms with Gasteiger partial charge in [-0.1, -0.05) is 12.1 Å². The summed E-state index contributed by atoms with van der Waals surface area (Å²) in [6.07, 6.45) is 0. The highest BCUT2D eigenvalue weighted by Gasteiger charge is 2.11. The van der Waals surface area contributed by atoms with E-state index in [0.29, 0.717) is 11.3 Å². The van der Waals surface area contributed by atoms with Crippen molar-refractivity contribution >= 4 is 11.7 Å². The van der Waals surface area contributed by atoms with Gasteiger partial charge in [0.1, 0.15) is 12.4 Å². The molecule has 6 heteroatoms. The molecule has 0 aromatic heterocycles. The van der Waals surface area contributed by atoms with E-state index in [1.807, 2.05) is 0 Å². The first kappa shape index (κ1) is 14.6. The molecule has 0 aliphatic carbocycles. The highest BCUT2D eigenvalue weighted by molar-refractivity contribution is 5.93. The lowest BCUT2D eigenvalue weighted by Crippen LogP contribution is -2.04. The van der Waals surface area contributed by atoms with Crippen LogP contribution in [0.2, 0.25) is 0 Å². The molecule has 0 bridgehead atoms. The first-order valence-corrected chi connectivity index (χ1v) is 6.10. The van der Waals surface area contributed by atoms with Crippen LogP contribution in [0.5, 0.6) is 11.5 Å². The normalized spacial score (nSPS) is 10.2. The predicted octanol–water partition coefficient (Wildman–Crippen LogP) is 2.69. The Labute approximate surface area is 120 Å². The summed E-state index contributed by atoms with van der Waals surface area (Å²) in [6.45, 7) is -0.0190. The molecule has 0 heterocycles. The van der Waals surface area contributed by atoms with Crippen molar-refractivity contribution in [3.8, 4) is 11.5 Å². The van der Waals surface area contributed by atoms with Crippen LogP contribution in [0.3, 0.4) is 0 Å². The molecule has 0 fully saturated rings. The Balaban J connectivity index is 2.14. The molecular weight excluding hydrogens is 277 g/mol. The summed E-state index contributed by atoms with van der Waals surface area (Å²) in [6, 6.07) is 8.95. The van der Waals surface area contributed by atoms with Crippen molar-refractivity contribution in [3.05, 3.63) is 53.3 Å². The predicted molar refractivity (Wildman–Crippen MR) is 75.1 cm³/mol. The molecule has 0 spiro atoms. The van der Waals surface area contributed by atoms with E-state index in [0.717, 1.165) is 0 Å². The van der Waals surface area contributed by atoms with Crippen LogP contribution in [0.25, 0.3) is 0 Å². The summed E-state index contributed by atoms with van der Waals surface area (Å²) in [5, 5.41) is 8.87. The Kier molecular flexibility index (Phi) is 4.27. The maximum Gasteiger partial charge on any atom is 0.337 e. The lowest BCUT2D eigenvalue weighted by atomic mass is 10.1. The number of methoxy groups -OCH3 is 1. The molecule has 0 saturated heterocycles. The van der Waals surface area contributed by atoms with Crippen LogP contribution < -0.4 is 15.2 Å². The lowest BCUT2D eigenvalue weighted by Gasteiger charge is -2.10. The number of carboxylic acid groups (broad SMARTS) is 1. The van der Waals surface area contributed by atoms with Crippen LogP contribution in [-0.2, 0) is 6.61 Å². The van der Waals surface area contributed by atoms with Crippen LogP contribution in [0.15, 0.2) is 36.4 Å². The maximum absolute atomic E-state index is 13.9. The third-order valence-corrected chi connectivity index (χ3v) is 2.91. The standard InChI is InChI=1S/C15H14FNO4/c1-20-13-4-2-3-9(14(13)16)8-21-10-5-6-11(15(18)19)12(17)7-10/h2-7H,8,17H2,1H3,(H,18,19). The monoisotopic (exact) mass is 291 g/mol. The number of rotatable bonds is 5. The second-order valence-electron chi connectivity index (χ2n) is 4.28. The summed E-state index contributed by atoms with van der Waals surface area (Å²) >= 11 is 0. The Morgan fingerprint density at radius 3 is 2.71 bits per heavy atom. The Hall–Kier alpha value is -2.76. The van der Waals surface area contributed by atoms with Crippen molar-refractivity contribution in [2.75, 3.05) is 12.8 Å². The van der Waals surface area contributed by atoms with E-state index in [1.54, 1.807) is 12.1 Å². The molecule has 0 saturated carbocycles. The average Bonchev–Trinajstić information content (AvgIpc) is 2.46. The fourth-order valence-corrected chi connectivity index (χ4v) is 1.81. The average molecular weight is 291 g/mol. The summed E-state index contributed by atoms with van der Waals surface area (Å²) in [5.74, 6) is -1.11. The number of carbonyl (C=O) groups is 1. The summed E-state index contributed by atoms with van der Waals surface area (Å²) in [7, 11) is 1.38. The van der Waals surface area contributed by atoms with Gasteiger partial charge >= 0.3 is 5.97 Å². The molecule has 5 nitrogen and oxygen atoms in total. The van der Waals surface area contributed by atoms with Gasteiger partial charge in [-0.3, -0.25) is 0 Å². The number of hydrogen-bond donors (Lipinski definition) is 2. The van der Waals surface area contributed by atoms with Crippen molar-refractivity contribution < 1.29 is 23.8 Å². The minimum Gasteiger partial charge on any atom is -0.494 e. The van der Waals surface area contributed by atoms with Crippen molar-refractivity contribution in [3.63, 3.8) is 0 Å². The van der Waals surface area contributed by atoms with Crippen molar-refractivity contribution in [1.82, 2.24) is 0 Å². The number of benzene rings is 2. The molecule has 0 unspecified atom stereocenters. The minimum absolute atomic E-state index is 0.00471. The Bertz CT molecular complexity index is 673. The molecule has 21 heavy (non-hydrogen) atoms. The van der Waals surface area contributed by atoms with Gasteiger partial charge in [-0.15, -0.1) is 0 Å². The van der Waals surface area contributed by atoms with Gasteiger partial charge in [0, 0.05) is 17.3 Å². The highest BCUT2D eigenvalue weighted by atomic mass is 19.1. The number of aromatic carboxylic acids is 1. The van der Waals surface area contributed by atoms with Crippen molar-refractivity contribution in [1.29, 1.82) is 0 Å². The SMILES string of the molecule is COc1cccc(COc2ccc(C(=O)O)c(N)c2)c1F. The molecule has 2 rings (SSSR count). The minimum atomic E-state index is -1.11. The van der Waals surface area contributed by atoms with Gasteiger partial charge in [0.25, 0.3) is 0 Å². The second-order valence-corrected chi connectivity index (χ2v) is 4.28. The number of ether oxygens (including phenoxy) is 2. The van der Waals surface area contributed by atoms with Crippen LogP contribution in [-0.4, -0.2) is 18.2 Å². The molecule has 0 aliphatic heterocycles. The highest BCUT2D eigenvalue weighted by Crippen LogP contribution is 2.24. The molecule has 2 aromatic rings. The summed E-state index contributed by atoms with van der Waals surface area (Å²) in [4.78, 5) is 10.8. The topological polar surface area (TPSA) is 81.8 Å². The zero-order valence-corrected chi connectivity index (χ0v) is 11.3. The van der Waals surface area contributed by atoms with Gasteiger partial charge in [0.15, 0.2) is 11.6 Å². The van der Waals surface area contributed by atoms with Crippen LogP contribution in [0, 0.1) is 5.82 Å². The number of nitrogen functional groups attached to an aromatic ring is 1. The second kappa shape index (κ2) is 6.13. The van der Waals surface area contributed by atoms with E-state index < -0.39 is 11.8 Å². The van der Waals surface area contributed by atoms with E-state index in [4.69, 9.17) is 20.3 Å². The van der Waals surface area contributed by atoms with Crippen LogP contribution >= 0.6 is 0 Å². The maximum atomic E-state index is 13.9. The number of nitrogens with two attached hydrogens (primary N) is 1. The Morgan fingerprint density at radius 1 is 1.33 bits per heavy atom. The quantitative estimate of drug-likeness (QED) is 0.828. The molecule has 2 aromatic carbocycles. The summed E-state index contributed by atoms with van der Waals surface area (Å²) in [5.41, 5.74) is 6.03. The molecule has 0 radical (unpaired) electrons. The van der Waals surface area contributed by atoms with E-state index in [-0.39, 0.29) is 23.6 Å². The fourth-order valence-electron chi connectivity index (χ4n) is 1.81. The molecule has 0 aliphatic rings. The molecule has 0 amide bonds. The van der Waals surface area contributed by atoms with E-state index in [9.17, 15) is 9.18 Å². The van der Waals surface area contributed by atoms with Crippen LogP contribution in [0.1, 0.15) is 15.9 Å². The molecule has 3 N–H and O–H groups in total. The smallest absolute Gasteiger partial charge is 0.337 e. The van der Waals surface area contributed by atoms with Crippen LogP contribution in [0.4, 0.5) is 10.1 Å². The molecule has 110 valence electrons. The fraction of sp³-hybridized carbons (Fsp3) is 0.133. The zero-order valence-electron chi connectivity index (χ0n) is 11.3. The number of carboxylic acids is 1. The van der Waals surface area contributed by atoms with Crippen molar-refractivity contribution in [2.45, 2.75) is 6.61 Å². The summed E-state index contributed by atoms with van der Waals surface area (Å²) < 4.78 is 24.2. The van der Waals surface area contributed by atoms with Gasteiger partial charge in [-0.2, -0.15) is 0 Å². The molecule has 0 atom stereocenters. The lowest BCUT2D eigenvalue weighted by molar-refractivity contribution is 0.0698. The van der Waals surface area contributed by atoms with Crippen molar-refractivity contribution in [2.24, 2.45) is 0 Å². The number of anilines is 1. The molecular formula is C15H14FNO4. The number of hydrogen-bond acceptors (Lipinski definition) is 4. The van der Waals surface area contributed by atoms with Gasteiger partial charge in [0.05, 0.1) is 12.7 Å². The third-order valence-electron chi connectivity index (χ3n) is 2.91. The number of halogens is 1. The van der Waals surface area contributed by atoms with Gasteiger partial charge in [0.2, 0.25) is 0 Å². The van der Waals surface area contributed by atoms with Gasteiger partial charge < -0.3 is 20.3 Å². The first-order chi connectivity index (χ1) is 10.0. The first-order valence-electron chi connectivity index (χ1n) is 6.10. The van der Waals surface area contributed by atoms with Gasteiger partial charge in [-0.05, 0) is 18.2 Å².